The molecule has 0 radical (unpaired) electrons. The van der Waals surface area contributed by atoms with Gasteiger partial charge in [0.25, 0.3) is 0 Å². The van der Waals surface area contributed by atoms with Crippen molar-refractivity contribution >= 4 is 0 Å². The zero-order valence-electron chi connectivity index (χ0n) is 19.5. The summed E-state index contributed by atoms with van der Waals surface area (Å²) < 4.78 is 11.2. The molecule has 1 saturated carbocycles. The highest BCUT2D eigenvalue weighted by atomic mass is 16.5. The van der Waals surface area contributed by atoms with Crippen LogP contribution in [-0.2, 0) is 4.74 Å². The molecule has 5 heteroatoms. The molecule has 0 amide bonds. The highest BCUT2D eigenvalue weighted by Crippen LogP contribution is 2.59. The number of rotatable bonds is 11. The van der Waals surface area contributed by atoms with E-state index in [1.54, 1.807) is 7.11 Å². The predicted molar refractivity (Wildman–Crippen MR) is 124 cm³/mol. The molecule has 1 aromatic carbocycles. The number of nitrogens with one attached hydrogen (secondary N) is 1. The molecule has 0 spiro atoms. The van der Waals surface area contributed by atoms with Crippen molar-refractivity contribution in [3.8, 4) is 5.75 Å². The SMILES string of the molecule is COc1ccc([C@@H](CNC[C@H](O)COCC2=CC[C@H]3C[C@H]2C3(C)C)N2CCCC2)cc1. The van der Waals surface area contributed by atoms with E-state index in [9.17, 15) is 5.11 Å². The molecule has 2 bridgehead atoms. The highest BCUT2D eigenvalue weighted by molar-refractivity contribution is 5.29. The van der Waals surface area contributed by atoms with Gasteiger partial charge in [0.15, 0.2) is 0 Å². The quantitative estimate of drug-likeness (QED) is 0.525. The van der Waals surface area contributed by atoms with Gasteiger partial charge in [-0.2, -0.15) is 0 Å². The normalized spacial score (nSPS) is 26.8. The lowest BCUT2D eigenvalue weighted by molar-refractivity contribution is -0.0235. The van der Waals surface area contributed by atoms with Gasteiger partial charge >= 0.3 is 0 Å². The molecule has 2 N–H and O–H groups in total. The Hall–Kier alpha value is -1.40. The summed E-state index contributed by atoms with van der Waals surface area (Å²) in [5.74, 6) is 2.41. The van der Waals surface area contributed by atoms with Crippen LogP contribution in [0.5, 0.6) is 5.75 Å². The Bertz CT molecular complexity index is 740. The molecule has 1 aliphatic heterocycles. The van der Waals surface area contributed by atoms with Crippen molar-refractivity contribution in [1.29, 1.82) is 0 Å². The molecule has 31 heavy (non-hydrogen) atoms. The number of likely N-dealkylation sites (tertiary alicyclic amines) is 1. The minimum Gasteiger partial charge on any atom is -0.497 e. The maximum Gasteiger partial charge on any atom is 0.118 e. The molecule has 1 saturated heterocycles. The lowest BCUT2D eigenvalue weighted by atomic mass is 9.49. The first-order valence-corrected chi connectivity index (χ1v) is 12.0. The Kier molecular flexibility index (Phi) is 7.37. The number of hydrogen-bond acceptors (Lipinski definition) is 5. The Labute approximate surface area is 187 Å². The molecule has 1 heterocycles. The van der Waals surface area contributed by atoms with Crippen LogP contribution in [-0.4, -0.2) is 62.6 Å². The summed E-state index contributed by atoms with van der Waals surface area (Å²) >= 11 is 0. The zero-order valence-corrected chi connectivity index (χ0v) is 19.5. The minimum absolute atomic E-state index is 0.322. The Morgan fingerprint density at radius 3 is 2.55 bits per heavy atom. The van der Waals surface area contributed by atoms with Gasteiger partial charge in [0.05, 0.1) is 26.4 Å². The van der Waals surface area contributed by atoms with Gasteiger partial charge in [-0.05, 0) is 79.3 Å². The molecular formula is C26H40N2O3. The van der Waals surface area contributed by atoms with Crippen LogP contribution >= 0.6 is 0 Å². The first kappa shape index (κ1) is 22.8. The average molecular weight is 429 g/mol. The number of ether oxygens (including phenoxy) is 2. The number of hydrogen-bond donors (Lipinski definition) is 2. The third-order valence-electron chi connectivity index (χ3n) is 7.96. The third-order valence-corrected chi connectivity index (χ3v) is 7.96. The van der Waals surface area contributed by atoms with Crippen molar-refractivity contribution in [2.75, 3.05) is 46.5 Å². The number of benzene rings is 1. The van der Waals surface area contributed by atoms with E-state index in [0.29, 0.717) is 37.1 Å². The summed E-state index contributed by atoms with van der Waals surface area (Å²) in [6, 6.07) is 8.71. The van der Waals surface area contributed by atoms with Crippen LogP contribution in [0, 0.1) is 17.3 Å². The van der Waals surface area contributed by atoms with E-state index in [1.165, 1.54) is 36.8 Å². The fraction of sp³-hybridized carbons (Fsp3) is 0.692. The Morgan fingerprint density at radius 1 is 1.16 bits per heavy atom. The number of methoxy groups -OCH3 is 1. The summed E-state index contributed by atoms with van der Waals surface area (Å²) in [4.78, 5) is 2.54. The van der Waals surface area contributed by atoms with Gasteiger partial charge in [-0.15, -0.1) is 0 Å². The lowest BCUT2D eigenvalue weighted by Crippen LogP contribution is -2.48. The molecule has 172 valence electrons. The molecule has 5 rings (SSSR count). The van der Waals surface area contributed by atoms with E-state index in [4.69, 9.17) is 9.47 Å². The maximum atomic E-state index is 10.4. The van der Waals surface area contributed by atoms with E-state index in [1.807, 2.05) is 12.1 Å². The number of allylic oxidation sites excluding steroid dienone is 1. The van der Waals surface area contributed by atoms with Gasteiger partial charge in [0.2, 0.25) is 0 Å². The fourth-order valence-corrected chi connectivity index (χ4v) is 5.74. The molecule has 5 nitrogen and oxygen atoms in total. The minimum atomic E-state index is -0.485. The number of nitrogens with zero attached hydrogens (tertiary/aromatic N) is 1. The monoisotopic (exact) mass is 428 g/mol. The van der Waals surface area contributed by atoms with E-state index >= 15 is 0 Å². The fourth-order valence-electron chi connectivity index (χ4n) is 5.74. The molecule has 4 aliphatic rings. The van der Waals surface area contributed by atoms with Gasteiger partial charge in [0.1, 0.15) is 5.75 Å². The van der Waals surface area contributed by atoms with E-state index in [2.05, 4.69) is 42.3 Å². The third kappa shape index (κ3) is 5.16. The summed E-state index contributed by atoms with van der Waals surface area (Å²) in [6.07, 6.45) is 6.92. The second-order valence-electron chi connectivity index (χ2n) is 10.2. The van der Waals surface area contributed by atoms with Crippen LogP contribution < -0.4 is 10.1 Å². The number of fused-ring (bicyclic) bond motifs is 1. The smallest absolute Gasteiger partial charge is 0.118 e. The number of aliphatic hydroxyl groups is 1. The summed E-state index contributed by atoms with van der Waals surface area (Å²) in [6.45, 7) is 9.48. The summed E-state index contributed by atoms with van der Waals surface area (Å²) in [5, 5.41) is 13.9. The van der Waals surface area contributed by atoms with Crippen molar-refractivity contribution in [2.24, 2.45) is 17.3 Å². The van der Waals surface area contributed by atoms with Gasteiger partial charge in [-0.1, -0.05) is 32.1 Å². The van der Waals surface area contributed by atoms with Gasteiger partial charge in [-0.3, -0.25) is 4.90 Å². The summed E-state index contributed by atoms with van der Waals surface area (Å²) in [7, 11) is 1.70. The second kappa shape index (κ2) is 10.0. The molecule has 0 unspecified atom stereocenters. The predicted octanol–water partition coefficient (Wildman–Crippen LogP) is 3.79. The standard InChI is InChI=1S/C26H40N2O3/c1-26(2)21-9-6-20(24(26)14-21)17-31-18-22(29)15-27-16-25(28-12-4-5-13-28)19-7-10-23(30-3)11-8-19/h6-8,10-11,21-22,24-25,27,29H,4-5,9,12-18H2,1-3H3/t21-,22-,24+,25+/m0/s1. The zero-order chi connectivity index (χ0) is 21.8. The van der Waals surface area contributed by atoms with Crippen molar-refractivity contribution in [3.05, 3.63) is 41.5 Å². The van der Waals surface area contributed by atoms with Crippen molar-refractivity contribution in [1.82, 2.24) is 10.2 Å². The Balaban J connectivity index is 1.21. The first-order chi connectivity index (χ1) is 15.0. The van der Waals surface area contributed by atoms with Crippen LogP contribution in [0.25, 0.3) is 0 Å². The van der Waals surface area contributed by atoms with E-state index in [0.717, 1.165) is 31.3 Å². The van der Waals surface area contributed by atoms with Crippen LogP contribution in [0.2, 0.25) is 0 Å². The highest BCUT2D eigenvalue weighted by Gasteiger charge is 2.50. The Morgan fingerprint density at radius 2 is 1.90 bits per heavy atom. The van der Waals surface area contributed by atoms with Gasteiger partial charge in [0, 0.05) is 19.1 Å². The van der Waals surface area contributed by atoms with Crippen molar-refractivity contribution < 1.29 is 14.6 Å². The summed E-state index contributed by atoms with van der Waals surface area (Å²) in [5.41, 5.74) is 3.17. The maximum absolute atomic E-state index is 10.4. The lowest BCUT2D eigenvalue weighted by Gasteiger charge is -2.56. The molecular weight excluding hydrogens is 388 g/mol. The van der Waals surface area contributed by atoms with Gasteiger partial charge < -0.3 is 19.9 Å². The van der Waals surface area contributed by atoms with E-state index < -0.39 is 6.10 Å². The largest absolute Gasteiger partial charge is 0.497 e. The second-order valence-corrected chi connectivity index (χ2v) is 10.2. The van der Waals surface area contributed by atoms with Crippen molar-refractivity contribution in [3.63, 3.8) is 0 Å². The van der Waals surface area contributed by atoms with Gasteiger partial charge in [-0.25, -0.2) is 0 Å². The van der Waals surface area contributed by atoms with Crippen LogP contribution in [0.1, 0.15) is 51.1 Å². The average Bonchev–Trinajstić information content (AvgIpc) is 3.31. The molecule has 0 aromatic heterocycles. The number of aliphatic hydroxyl groups excluding tert-OH is 1. The molecule has 2 fully saturated rings. The van der Waals surface area contributed by atoms with Crippen LogP contribution in [0.15, 0.2) is 35.9 Å². The molecule has 4 atom stereocenters. The van der Waals surface area contributed by atoms with E-state index in [-0.39, 0.29) is 0 Å². The topological polar surface area (TPSA) is 54.0 Å². The van der Waals surface area contributed by atoms with Crippen molar-refractivity contribution in [2.45, 2.75) is 51.7 Å². The van der Waals surface area contributed by atoms with Crippen LogP contribution in [0.4, 0.5) is 0 Å². The molecule has 3 aliphatic carbocycles. The van der Waals surface area contributed by atoms with Crippen LogP contribution in [0.3, 0.4) is 0 Å². The molecule has 1 aromatic rings. The first-order valence-electron chi connectivity index (χ1n) is 12.0.